The summed E-state index contributed by atoms with van der Waals surface area (Å²) in [6, 6.07) is 22.2. The van der Waals surface area contributed by atoms with Gasteiger partial charge in [0.1, 0.15) is 31.0 Å². The Morgan fingerprint density at radius 1 is 0.913 bits per heavy atom. The lowest BCUT2D eigenvalue weighted by atomic mass is 9.85. The number of Topliss-reactive ketones (excluding diaryl/α,β-unsaturated/α-hetero) is 1. The number of ketones is 1. The second-order valence-corrected chi connectivity index (χ2v) is 20.9. The van der Waals surface area contributed by atoms with Crippen LogP contribution in [0.4, 0.5) is 4.39 Å². The number of fused-ring (bicyclic) bond motifs is 3. The number of aliphatic hydroxyl groups is 1. The van der Waals surface area contributed by atoms with Gasteiger partial charge in [-0.05, 0) is 73.4 Å². The highest BCUT2D eigenvalue weighted by molar-refractivity contribution is 7.13. The molecule has 5 aromatic rings. The molecule has 0 spiro atoms. The van der Waals surface area contributed by atoms with Crippen molar-refractivity contribution in [2.24, 2.45) is 5.41 Å². The summed E-state index contributed by atoms with van der Waals surface area (Å²) in [5.74, 6) is -1.42. The van der Waals surface area contributed by atoms with Gasteiger partial charge >= 0.3 is 0 Å². The normalized spacial score (nSPS) is 19.1. The van der Waals surface area contributed by atoms with Crippen LogP contribution in [0, 0.1) is 12.3 Å². The Hall–Kier alpha value is -5.36. The summed E-state index contributed by atoms with van der Waals surface area (Å²) < 4.78 is 31.9. The van der Waals surface area contributed by atoms with Gasteiger partial charge in [-0.25, -0.2) is 9.37 Å². The summed E-state index contributed by atoms with van der Waals surface area (Å²) in [5.41, 5.74) is 7.91. The maximum atomic E-state index is 15.1. The van der Waals surface area contributed by atoms with Crippen molar-refractivity contribution in [2.45, 2.75) is 110 Å². The highest BCUT2D eigenvalue weighted by Gasteiger charge is 2.45. The van der Waals surface area contributed by atoms with Crippen LogP contribution in [-0.2, 0) is 52.8 Å². The van der Waals surface area contributed by atoms with Crippen molar-refractivity contribution in [3.05, 3.63) is 112 Å². The average Bonchev–Trinajstić information content (AvgIpc) is 4.02. The number of likely N-dealkylation sites (tertiary alicyclic amines) is 1. The van der Waals surface area contributed by atoms with Gasteiger partial charge in [-0.2, -0.15) is 0 Å². The molecular formula is C53H67FN6O8S. The summed E-state index contributed by atoms with van der Waals surface area (Å²) in [6.07, 6.45) is 0.234. The van der Waals surface area contributed by atoms with Crippen LogP contribution in [0.25, 0.3) is 21.3 Å². The van der Waals surface area contributed by atoms with E-state index in [-0.39, 0.29) is 95.9 Å². The first-order valence-corrected chi connectivity index (χ1v) is 24.7. The number of aliphatic hydroxyl groups excluding tert-OH is 1. The number of amides is 3. The van der Waals surface area contributed by atoms with E-state index in [0.29, 0.717) is 0 Å². The zero-order chi connectivity index (χ0) is 49.5. The van der Waals surface area contributed by atoms with E-state index >= 15 is 4.39 Å². The fraction of sp³-hybridized carbons (Fsp3) is 0.491. The smallest absolute Gasteiger partial charge is 0.246 e. The number of hydrogen-bond donors (Lipinski definition) is 4. The molecule has 3 aromatic carbocycles. The number of nitrogens with zero attached hydrogens (tertiary/aromatic N) is 3. The summed E-state index contributed by atoms with van der Waals surface area (Å²) in [7, 11) is 0. The Morgan fingerprint density at radius 2 is 1.58 bits per heavy atom. The van der Waals surface area contributed by atoms with Crippen LogP contribution in [0.15, 0.2) is 78.3 Å². The van der Waals surface area contributed by atoms with Crippen molar-refractivity contribution < 1.29 is 42.9 Å². The molecule has 2 aromatic heterocycles. The molecule has 0 aliphatic carbocycles. The third-order valence-corrected chi connectivity index (χ3v) is 13.7. The molecule has 1 fully saturated rings. The van der Waals surface area contributed by atoms with Crippen LogP contribution in [0.2, 0.25) is 0 Å². The second-order valence-electron chi connectivity index (χ2n) is 20.0. The minimum absolute atomic E-state index is 0.0297. The van der Waals surface area contributed by atoms with E-state index in [1.54, 1.807) is 25.2 Å². The number of aryl methyl sites for hydroxylation is 1. The summed E-state index contributed by atoms with van der Waals surface area (Å²) in [6.45, 7) is 13.6. The van der Waals surface area contributed by atoms with Gasteiger partial charge in [0.15, 0.2) is 5.78 Å². The minimum Gasteiger partial charge on any atom is -0.391 e. The largest absolute Gasteiger partial charge is 0.391 e. The Labute approximate surface area is 408 Å². The van der Waals surface area contributed by atoms with Gasteiger partial charge in [0.2, 0.25) is 17.7 Å². The number of H-pyrrole nitrogens is 1. The molecular weight excluding hydrogens is 900 g/mol. The molecule has 3 amide bonds. The summed E-state index contributed by atoms with van der Waals surface area (Å²) in [4.78, 5) is 65.9. The number of halogens is 1. The molecule has 0 bridgehead atoms. The number of carbonyl (C=O) groups excluding carboxylic acids is 4. The number of aromatic amines is 1. The van der Waals surface area contributed by atoms with Crippen LogP contribution in [0.1, 0.15) is 87.6 Å². The van der Waals surface area contributed by atoms with E-state index in [4.69, 9.17) is 14.2 Å². The maximum Gasteiger partial charge on any atom is 0.246 e. The Morgan fingerprint density at radius 3 is 2.25 bits per heavy atom. The van der Waals surface area contributed by atoms with Gasteiger partial charge in [-0.1, -0.05) is 87.5 Å². The van der Waals surface area contributed by atoms with E-state index in [1.165, 1.54) is 15.8 Å². The molecule has 0 saturated carbocycles. The van der Waals surface area contributed by atoms with Crippen molar-refractivity contribution in [2.75, 3.05) is 52.7 Å². The number of hydrogen-bond acceptors (Lipinski definition) is 11. The quantitative estimate of drug-likeness (QED) is 0.0583. The third kappa shape index (κ3) is 13.3. The fourth-order valence-electron chi connectivity index (χ4n) is 9.31. The predicted molar refractivity (Wildman–Crippen MR) is 264 cm³/mol. The second kappa shape index (κ2) is 22.6. The SMILES string of the molecule is Cc1ncsc1-c1ccc(CNC(=O)[C@@H]2C[C@@H](O)CN2C(=O)[C@@H](NC(=O)COCCOCCOCC(=O)Cc2ccc([C@@H]3c4[nH]c5ccccc5c4C[C@@H](C)N3CC(C)(C)F)cc2)C(C)(C)C)cc1. The Bertz CT molecular complexity index is 2550. The predicted octanol–water partition coefficient (Wildman–Crippen LogP) is 6.65. The molecule has 4 heterocycles. The molecule has 5 atom stereocenters. The molecule has 1 saturated heterocycles. The zero-order valence-electron chi connectivity index (χ0n) is 40.8. The monoisotopic (exact) mass is 966 g/mol. The number of β-amino-alcohol motifs (C(OH)–C–C–N with tert-alkyl or cyclic N) is 1. The van der Waals surface area contributed by atoms with Gasteiger partial charge in [-0.15, -0.1) is 11.3 Å². The topological polar surface area (TPSA) is 175 Å². The average molecular weight is 967 g/mol. The number of aromatic nitrogens is 2. The first kappa shape index (κ1) is 51.5. The van der Waals surface area contributed by atoms with Crippen molar-refractivity contribution >= 4 is 45.7 Å². The van der Waals surface area contributed by atoms with E-state index in [1.807, 2.05) is 93.9 Å². The van der Waals surface area contributed by atoms with Crippen LogP contribution < -0.4 is 10.6 Å². The highest BCUT2D eigenvalue weighted by atomic mass is 32.1. The van der Waals surface area contributed by atoms with E-state index in [2.05, 4.69) is 44.6 Å². The Balaban J connectivity index is 0.800. The fourth-order valence-corrected chi connectivity index (χ4v) is 10.1. The van der Waals surface area contributed by atoms with Crippen molar-refractivity contribution in [1.82, 2.24) is 30.4 Å². The first-order chi connectivity index (χ1) is 32.9. The molecule has 2 aliphatic heterocycles. The summed E-state index contributed by atoms with van der Waals surface area (Å²) in [5, 5.41) is 17.5. The molecule has 14 nitrogen and oxygen atoms in total. The number of thiazole rings is 1. The van der Waals surface area contributed by atoms with Crippen molar-refractivity contribution in [3.8, 4) is 10.4 Å². The number of para-hydroxylation sites is 1. The number of benzene rings is 3. The van der Waals surface area contributed by atoms with Gasteiger partial charge in [0, 0.05) is 55.1 Å². The molecule has 0 radical (unpaired) electrons. The first-order valence-electron chi connectivity index (χ1n) is 23.8. The highest BCUT2D eigenvalue weighted by Crippen LogP contribution is 2.42. The van der Waals surface area contributed by atoms with Crippen molar-refractivity contribution in [1.29, 1.82) is 0 Å². The third-order valence-electron chi connectivity index (χ3n) is 12.7. The number of ether oxygens (including phenoxy) is 3. The molecule has 7 rings (SSSR count). The zero-order valence-corrected chi connectivity index (χ0v) is 41.6. The van der Waals surface area contributed by atoms with E-state index in [9.17, 15) is 24.3 Å². The lowest BCUT2D eigenvalue weighted by Gasteiger charge is -2.43. The number of rotatable bonds is 21. The molecule has 2 aliphatic rings. The lowest BCUT2D eigenvalue weighted by Crippen LogP contribution is -2.58. The maximum absolute atomic E-state index is 15.1. The molecule has 69 heavy (non-hydrogen) atoms. The molecule has 0 unspecified atom stereocenters. The molecule has 16 heteroatoms. The van der Waals surface area contributed by atoms with Crippen LogP contribution in [0.5, 0.6) is 0 Å². The Kier molecular flexibility index (Phi) is 16.9. The van der Waals surface area contributed by atoms with E-state index in [0.717, 1.165) is 50.5 Å². The van der Waals surface area contributed by atoms with E-state index < -0.39 is 41.1 Å². The van der Waals surface area contributed by atoms with Crippen LogP contribution >= 0.6 is 11.3 Å². The van der Waals surface area contributed by atoms with Gasteiger partial charge < -0.3 is 39.8 Å². The lowest BCUT2D eigenvalue weighted by molar-refractivity contribution is -0.144. The number of nitrogens with one attached hydrogen (secondary N) is 3. The molecule has 370 valence electrons. The van der Waals surface area contributed by atoms with Gasteiger partial charge in [0.25, 0.3) is 0 Å². The van der Waals surface area contributed by atoms with Gasteiger partial charge in [-0.3, -0.25) is 24.1 Å². The molecule has 4 N–H and O–H groups in total. The van der Waals surface area contributed by atoms with Crippen molar-refractivity contribution in [3.63, 3.8) is 0 Å². The number of alkyl halides is 1. The summed E-state index contributed by atoms with van der Waals surface area (Å²) >= 11 is 1.57. The number of carbonyl (C=O) groups is 4. The van der Waals surface area contributed by atoms with Crippen LogP contribution in [-0.4, -0.2) is 131 Å². The minimum atomic E-state index is -1.38. The standard InChI is InChI=1S/C53H67FN6O8S/c1-33-24-42-41-10-8-9-11-43(41)57-46(42)47(60(33)31-53(6,7)54)37-16-12-35(13-17-37)25-40(62)29-67-22-20-66-21-23-68-30-45(63)58-49(52(3,4)5)51(65)59-28-39(61)26-44(59)50(64)55-27-36-14-18-38(19-15-36)48-34(2)56-32-69-48/h8-19,32-33,39,44,47,49,57,61H,20-31H2,1-7H3,(H,55,64)(H,58,63)/t33-,39-,44+,47-,49-/m1/s1. The van der Waals surface area contributed by atoms with Gasteiger partial charge in [0.05, 0.1) is 54.7 Å². The van der Waals surface area contributed by atoms with Crippen LogP contribution in [0.3, 0.4) is 0 Å².